The highest BCUT2D eigenvalue weighted by Crippen LogP contribution is 2.21. The first-order valence-electron chi connectivity index (χ1n) is 9.49. The van der Waals surface area contributed by atoms with Crippen LogP contribution in [0.25, 0.3) is 5.65 Å². The van der Waals surface area contributed by atoms with E-state index >= 15 is 0 Å². The van der Waals surface area contributed by atoms with Crippen molar-refractivity contribution in [2.75, 3.05) is 54.0 Å². The van der Waals surface area contributed by atoms with Crippen molar-refractivity contribution in [3.05, 3.63) is 24.5 Å². The van der Waals surface area contributed by atoms with Crippen molar-refractivity contribution in [2.24, 2.45) is 0 Å². The van der Waals surface area contributed by atoms with Gasteiger partial charge in [-0.1, -0.05) is 0 Å². The van der Waals surface area contributed by atoms with Gasteiger partial charge < -0.3 is 14.7 Å². The molecule has 10 nitrogen and oxygen atoms in total. The van der Waals surface area contributed by atoms with Gasteiger partial charge in [0.2, 0.25) is 0 Å². The lowest BCUT2D eigenvalue weighted by atomic mass is 10.1. The largest absolute Gasteiger partial charge is 0.355 e. The lowest BCUT2D eigenvalue weighted by Gasteiger charge is -2.36. The maximum Gasteiger partial charge on any atom is 0.199 e. The summed E-state index contributed by atoms with van der Waals surface area (Å²) in [6.07, 6.45) is 7.29. The predicted molar refractivity (Wildman–Crippen MR) is 101 cm³/mol. The van der Waals surface area contributed by atoms with Gasteiger partial charge in [-0.25, -0.2) is 0 Å². The fourth-order valence-corrected chi connectivity index (χ4v) is 3.82. The molecule has 0 saturated carbocycles. The van der Waals surface area contributed by atoms with Crippen molar-refractivity contribution in [3.63, 3.8) is 0 Å². The highest BCUT2D eigenvalue weighted by molar-refractivity contribution is 5.50. The highest BCUT2D eigenvalue weighted by atomic mass is 15.5. The highest BCUT2D eigenvalue weighted by Gasteiger charge is 2.21. The summed E-state index contributed by atoms with van der Waals surface area (Å²) >= 11 is 0. The first kappa shape index (κ1) is 16.2. The Morgan fingerprint density at radius 1 is 0.667 bits per heavy atom. The van der Waals surface area contributed by atoms with Gasteiger partial charge in [0.05, 0.1) is 12.4 Å². The lowest BCUT2D eigenvalue weighted by molar-refractivity contribution is 0.570. The molecule has 140 valence electrons. The summed E-state index contributed by atoms with van der Waals surface area (Å²) in [6, 6.07) is 4.20. The monoisotopic (exact) mass is 366 g/mol. The second-order valence-electron chi connectivity index (χ2n) is 6.99. The molecular weight excluding hydrogens is 344 g/mol. The zero-order chi connectivity index (χ0) is 18.1. The average Bonchev–Trinajstić information content (AvgIpc) is 3.24. The van der Waals surface area contributed by atoms with Gasteiger partial charge in [-0.05, 0) is 41.8 Å². The minimum atomic E-state index is 0.661. The van der Waals surface area contributed by atoms with Crippen molar-refractivity contribution in [2.45, 2.75) is 19.3 Å². The van der Waals surface area contributed by atoms with E-state index in [-0.39, 0.29) is 0 Å². The minimum Gasteiger partial charge on any atom is -0.355 e. The third kappa shape index (κ3) is 3.11. The topological polar surface area (TPSA) is 91.5 Å². The van der Waals surface area contributed by atoms with Crippen LogP contribution >= 0.6 is 0 Å². The van der Waals surface area contributed by atoms with Gasteiger partial charge >= 0.3 is 0 Å². The van der Waals surface area contributed by atoms with Gasteiger partial charge in [0.1, 0.15) is 0 Å². The quantitative estimate of drug-likeness (QED) is 0.661. The number of hydrogen-bond donors (Lipinski definition) is 0. The fraction of sp³-hybridized carbons (Fsp3) is 0.529. The Morgan fingerprint density at radius 3 is 2.04 bits per heavy atom. The molecule has 0 aromatic carbocycles. The number of rotatable bonds is 3. The van der Waals surface area contributed by atoms with E-state index < -0.39 is 0 Å². The minimum absolute atomic E-state index is 0.661. The molecule has 3 aromatic heterocycles. The average molecular weight is 366 g/mol. The number of piperidine rings is 1. The number of fused-ring (bicyclic) bond motifs is 1. The van der Waals surface area contributed by atoms with Crippen LogP contribution < -0.4 is 14.7 Å². The first-order chi connectivity index (χ1) is 13.4. The molecule has 0 bridgehead atoms. The summed E-state index contributed by atoms with van der Waals surface area (Å²) in [5.41, 5.74) is 0.661. The molecule has 3 aromatic rings. The Balaban J connectivity index is 1.26. The van der Waals surface area contributed by atoms with Crippen molar-refractivity contribution < 1.29 is 0 Å². The normalized spacial score (nSPS) is 18.3. The summed E-state index contributed by atoms with van der Waals surface area (Å²) in [5, 5.41) is 20.7. The zero-order valence-corrected chi connectivity index (χ0v) is 15.1. The van der Waals surface area contributed by atoms with E-state index in [2.05, 4.69) is 57.5 Å². The van der Waals surface area contributed by atoms with Crippen molar-refractivity contribution in [1.82, 2.24) is 35.2 Å². The Hall–Kier alpha value is -3.04. The van der Waals surface area contributed by atoms with E-state index in [9.17, 15) is 0 Å². The maximum atomic E-state index is 4.48. The molecule has 0 spiro atoms. The van der Waals surface area contributed by atoms with E-state index in [1.54, 1.807) is 10.7 Å². The molecule has 0 unspecified atom stereocenters. The molecule has 0 N–H and O–H groups in total. The van der Waals surface area contributed by atoms with Crippen LogP contribution in [0.1, 0.15) is 19.3 Å². The molecule has 0 amide bonds. The van der Waals surface area contributed by atoms with Gasteiger partial charge in [-0.15, -0.1) is 15.3 Å². The number of hydrogen-bond acceptors (Lipinski definition) is 9. The van der Waals surface area contributed by atoms with Gasteiger partial charge in [-0.2, -0.15) is 4.52 Å². The number of aromatic nitrogens is 7. The zero-order valence-electron chi connectivity index (χ0n) is 15.1. The Labute approximate surface area is 156 Å². The maximum absolute atomic E-state index is 4.48. The number of anilines is 3. The summed E-state index contributed by atoms with van der Waals surface area (Å²) in [6.45, 7) is 5.63. The SMILES string of the molecule is c1cc(N2CCN(c3cncc4nnnn34)CC2)nnc1N1CCCCC1. The van der Waals surface area contributed by atoms with Crippen LogP contribution in [-0.2, 0) is 0 Å². The molecule has 2 saturated heterocycles. The molecular formula is C17H22N10. The molecule has 5 heterocycles. The van der Waals surface area contributed by atoms with Crippen LogP contribution in [0.5, 0.6) is 0 Å². The van der Waals surface area contributed by atoms with E-state index in [0.717, 1.165) is 56.7 Å². The van der Waals surface area contributed by atoms with Crippen molar-refractivity contribution >= 4 is 23.1 Å². The number of tetrazole rings is 1. The molecule has 5 rings (SSSR count). The van der Waals surface area contributed by atoms with Crippen LogP contribution in [0, 0.1) is 0 Å². The fourth-order valence-electron chi connectivity index (χ4n) is 3.82. The molecule has 10 heteroatoms. The molecule has 0 aliphatic carbocycles. The van der Waals surface area contributed by atoms with E-state index in [0.29, 0.717) is 5.65 Å². The molecule has 0 radical (unpaired) electrons. The van der Waals surface area contributed by atoms with Crippen LogP contribution in [0.3, 0.4) is 0 Å². The van der Waals surface area contributed by atoms with Crippen molar-refractivity contribution in [3.8, 4) is 0 Å². The van der Waals surface area contributed by atoms with Gasteiger partial charge in [0.25, 0.3) is 0 Å². The summed E-state index contributed by atoms with van der Waals surface area (Å²) in [7, 11) is 0. The molecule has 2 fully saturated rings. The summed E-state index contributed by atoms with van der Waals surface area (Å²) in [5.74, 6) is 2.85. The van der Waals surface area contributed by atoms with Crippen LogP contribution in [0.2, 0.25) is 0 Å². The summed E-state index contributed by atoms with van der Waals surface area (Å²) in [4.78, 5) is 11.1. The van der Waals surface area contributed by atoms with Crippen LogP contribution in [0.4, 0.5) is 17.5 Å². The molecule has 27 heavy (non-hydrogen) atoms. The molecule has 2 aliphatic heterocycles. The van der Waals surface area contributed by atoms with Gasteiger partial charge in [0, 0.05) is 39.3 Å². The standard InChI is InChI=1S/C17H22N10/c1-2-6-24(7-3-1)14-4-5-15(20-19-14)25-8-10-26(11-9-25)17-13-18-12-16-21-22-23-27(16)17/h4-5,12-13H,1-3,6-11H2. The number of piperazine rings is 1. The number of nitrogens with zero attached hydrogens (tertiary/aromatic N) is 10. The lowest BCUT2D eigenvalue weighted by Crippen LogP contribution is -2.47. The van der Waals surface area contributed by atoms with Gasteiger partial charge in [-0.3, -0.25) is 4.98 Å². The summed E-state index contributed by atoms with van der Waals surface area (Å²) < 4.78 is 1.73. The Kier molecular flexibility index (Phi) is 4.15. The van der Waals surface area contributed by atoms with E-state index in [1.165, 1.54) is 19.3 Å². The second kappa shape index (κ2) is 6.93. The first-order valence-corrected chi connectivity index (χ1v) is 9.49. The Bertz CT molecular complexity index is 893. The Morgan fingerprint density at radius 2 is 1.33 bits per heavy atom. The van der Waals surface area contributed by atoms with E-state index in [4.69, 9.17) is 0 Å². The molecule has 2 aliphatic rings. The molecule has 0 atom stereocenters. The third-order valence-corrected chi connectivity index (χ3v) is 5.33. The van der Waals surface area contributed by atoms with Gasteiger partial charge in [0.15, 0.2) is 23.1 Å². The van der Waals surface area contributed by atoms with Crippen LogP contribution in [0.15, 0.2) is 24.5 Å². The third-order valence-electron chi connectivity index (χ3n) is 5.33. The predicted octanol–water partition coefficient (Wildman–Crippen LogP) is 0.626. The van der Waals surface area contributed by atoms with Crippen LogP contribution in [-0.4, -0.2) is 74.5 Å². The van der Waals surface area contributed by atoms with E-state index in [1.807, 2.05) is 6.20 Å². The van der Waals surface area contributed by atoms with Crippen molar-refractivity contribution in [1.29, 1.82) is 0 Å². The smallest absolute Gasteiger partial charge is 0.199 e. The second-order valence-corrected chi connectivity index (χ2v) is 6.99.